The van der Waals surface area contributed by atoms with Crippen molar-refractivity contribution in [3.63, 3.8) is 0 Å². The fourth-order valence-electron chi connectivity index (χ4n) is 4.31. The van der Waals surface area contributed by atoms with Crippen LogP contribution in [0.25, 0.3) is 0 Å². The standard InChI is InChI=1S/C22H26N2O2S/c1-14-18(25)11-10-16-17(15-8-6-5-7-9-15)12-22(26-19(14)16)13-21(2,3)23-20(24-22)27-4/h5-11,17,25H,12-13H2,1-4H3,(H,23,24)/t17-,22-/m1/s1. The highest BCUT2D eigenvalue weighted by Crippen LogP contribution is 2.51. The maximum atomic E-state index is 10.3. The molecule has 0 radical (unpaired) electrons. The van der Waals surface area contributed by atoms with Gasteiger partial charge in [-0.15, -0.1) is 0 Å². The second-order valence-electron chi connectivity index (χ2n) is 8.15. The molecule has 0 aliphatic carbocycles. The molecule has 0 fully saturated rings. The Bertz CT molecular complexity index is 895. The minimum atomic E-state index is -0.640. The van der Waals surface area contributed by atoms with Gasteiger partial charge in [0.2, 0.25) is 5.72 Å². The highest BCUT2D eigenvalue weighted by atomic mass is 32.2. The second-order valence-corrected chi connectivity index (χ2v) is 8.95. The molecule has 0 bridgehead atoms. The molecular formula is C22H26N2O2S. The van der Waals surface area contributed by atoms with Gasteiger partial charge in [0.15, 0.2) is 5.17 Å². The number of hydrogen-bond acceptors (Lipinski definition) is 5. The molecule has 2 aromatic carbocycles. The lowest BCUT2D eigenvalue weighted by atomic mass is 9.77. The lowest BCUT2D eigenvalue weighted by molar-refractivity contribution is 0.0126. The summed E-state index contributed by atoms with van der Waals surface area (Å²) in [6.07, 6.45) is 3.58. The maximum Gasteiger partial charge on any atom is 0.206 e. The van der Waals surface area contributed by atoms with Gasteiger partial charge in [-0.25, -0.2) is 4.99 Å². The number of nitrogens with zero attached hydrogens (tertiary/aromatic N) is 1. The molecule has 1 spiro atoms. The largest absolute Gasteiger partial charge is 0.508 e. The molecule has 142 valence electrons. The zero-order chi connectivity index (χ0) is 19.2. The van der Waals surface area contributed by atoms with Crippen molar-refractivity contribution in [3.05, 3.63) is 59.2 Å². The summed E-state index contributed by atoms with van der Waals surface area (Å²) < 4.78 is 6.59. The van der Waals surface area contributed by atoms with E-state index in [1.165, 1.54) is 5.56 Å². The molecule has 2 heterocycles. The molecule has 2 atom stereocenters. The van der Waals surface area contributed by atoms with E-state index in [1.54, 1.807) is 17.8 Å². The first-order chi connectivity index (χ1) is 12.8. The van der Waals surface area contributed by atoms with Gasteiger partial charge in [-0.05, 0) is 38.7 Å². The number of hydrogen-bond donors (Lipinski definition) is 2. The molecule has 2 aliphatic rings. The number of amidine groups is 1. The number of ether oxygens (including phenoxy) is 1. The number of phenols is 1. The van der Waals surface area contributed by atoms with Crippen LogP contribution in [0.4, 0.5) is 0 Å². The van der Waals surface area contributed by atoms with E-state index in [-0.39, 0.29) is 17.2 Å². The van der Waals surface area contributed by atoms with E-state index in [4.69, 9.17) is 9.73 Å². The van der Waals surface area contributed by atoms with Crippen molar-refractivity contribution in [2.75, 3.05) is 6.26 Å². The number of fused-ring (bicyclic) bond motifs is 1. The van der Waals surface area contributed by atoms with E-state index in [1.807, 2.05) is 25.3 Å². The van der Waals surface area contributed by atoms with Crippen LogP contribution in [0.15, 0.2) is 47.5 Å². The lowest BCUT2D eigenvalue weighted by Gasteiger charge is -2.47. The van der Waals surface area contributed by atoms with Gasteiger partial charge in [0.05, 0.1) is 0 Å². The number of thioether (sulfide) groups is 1. The van der Waals surface area contributed by atoms with E-state index >= 15 is 0 Å². The summed E-state index contributed by atoms with van der Waals surface area (Å²) >= 11 is 1.61. The molecule has 2 aromatic rings. The fraction of sp³-hybridized carbons (Fsp3) is 0.409. The van der Waals surface area contributed by atoms with Gasteiger partial charge in [0.25, 0.3) is 0 Å². The van der Waals surface area contributed by atoms with E-state index in [0.717, 1.165) is 34.9 Å². The normalized spacial score (nSPS) is 25.9. The Morgan fingerprint density at radius 3 is 2.63 bits per heavy atom. The molecule has 0 aromatic heterocycles. The van der Waals surface area contributed by atoms with Crippen LogP contribution in [0.2, 0.25) is 0 Å². The number of aromatic hydroxyl groups is 1. The third kappa shape index (κ3) is 3.29. The first-order valence-electron chi connectivity index (χ1n) is 9.31. The summed E-state index contributed by atoms with van der Waals surface area (Å²) in [4.78, 5) is 5.00. The van der Waals surface area contributed by atoms with E-state index < -0.39 is 5.72 Å². The fourth-order valence-corrected chi connectivity index (χ4v) is 4.94. The molecule has 27 heavy (non-hydrogen) atoms. The highest BCUT2D eigenvalue weighted by molar-refractivity contribution is 8.13. The number of rotatable bonds is 1. The Labute approximate surface area is 165 Å². The Kier molecular flexibility index (Phi) is 4.38. The van der Waals surface area contributed by atoms with Crippen LogP contribution in [0.5, 0.6) is 11.5 Å². The zero-order valence-corrected chi connectivity index (χ0v) is 17.1. The van der Waals surface area contributed by atoms with Gasteiger partial charge in [-0.2, -0.15) is 0 Å². The Morgan fingerprint density at radius 2 is 1.93 bits per heavy atom. The smallest absolute Gasteiger partial charge is 0.206 e. The van der Waals surface area contributed by atoms with Crippen molar-refractivity contribution in [2.45, 2.75) is 50.8 Å². The second kappa shape index (κ2) is 6.48. The average Bonchev–Trinajstić information content (AvgIpc) is 2.64. The Morgan fingerprint density at radius 1 is 1.19 bits per heavy atom. The predicted octanol–water partition coefficient (Wildman–Crippen LogP) is 4.80. The highest BCUT2D eigenvalue weighted by Gasteiger charge is 2.48. The van der Waals surface area contributed by atoms with Gasteiger partial charge < -0.3 is 15.2 Å². The van der Waals surface area contributed by atoms with Gasteiger partial charge in [0.1, 0.15) is 11.5 Å². The number of nitrogens with one attached hydrogen (secondary N) is 1. The van der Waals surface area contributed by atoms with Crippen molar-refractivity contribution >= 4 is 16.9 Å². The van der Waals surface area contributed by atoms with Crippen molar-refractivity contribution in [3.8, 4) is 11.5 Å². The molecule has 4 rings (SSSR count). The van der Waals surface area contributed by atoms with E-state index in [2.05, 4.69) is 43.4 Å². The van der Waals surface area contributed by atoms with E-state index in [9.17, 15) is 5.11 Å². The zero-order valence-electron chi connectivity index (χ0n) is 16.2. The molecule has 0 saturated carbocycles. The van der Waals surface area contributed by atoms with Crippen molar-refractivity contribution in [1.82, 2.24) is 5.32 Å². The summed E-state index contributed by atoms with van der Waals surface area (Å²) in [6.45, 7) is 6.29. The van der Waals surface area contributed by atoms with Crippen LogP contribution in [-0.4, -0.2) is 27.8 Å². The van der Waals surface area contributed by atoms with Crippen LogP contribution in [0, 0.1) is 6.92 Å². The van der Waals surface area contributed by atoms with E-state index in [0.29, 0.717) is 0 Å². The van der Waals surface area contributed by atoms with Gasteiger partial charge in [0, 0.05) is 35.4 Å². The maximum absolute atomic E-state index is 10.3. The summed E-state index contributed by atoms with van der Waals surface area (Å²) in [7, 11) is 0. The first kappa shape index (κ1) is 18.2. The van der Waals surface area contributed by atoms with Crippen LogP contribution in [-0.2, 0) is 0 Å². The van der Waals surface area contributed by atoms with Crippen LogP contribution < -0.4 is 10.1 Å². The van der Waals surface area contributed by atoms with Gasteiger partial charge in [-0.3, -0.25) is 0 Å². The molecule has 0 unspecified atom stereocenters. The minimum absolute atomic E-state index is 0.121. The number of phenolic OH excluding ortho intramolecular Hbond substituents is 1. The van der Waals surface area contributed by atoms with Crippen LogP contribution >= 0.6 is 11.8 Å². The van der Waals surface area contributed by atoms with Crippen molar-refractivity contribution < 1.29 is 9.84 Å². The first-order valence-corrected chi connectivity index (χ1v) is 10.5. The minimum Gasteiger partial charge on any atom is -0.508 e. The lowest BCUT2D eigenvalue weighted by Crippen LogP contribution is -2.57. The summed E-state index contributed by atoms with van der Waals surface area (Å²) in [5.74, 6) is 1.21. The quantitative estimate of drug-likeness (QED) is 0.744. The SMILES string of the molecule is CSC1=N[C@@]2(C[C@H](c3ccccc3)c3ccc(O)c(C)c3O2)CC(C)(C)N1. The molecule has 2 aliphatic heterocycles. The summed E-state index contributed by atoms with van der Waals surface area (Å²) in [5.41, 5.74) is 2.40. The third-order valence-electron chi connectivity index (χ3n) is 5.46. The Balaban J connectivity index is 1.89. The van der Waals surface area contributed by atoms with Gasteiger partial charge in [-0.1, -0.05) is 48.2 Å². The summed E-state index contributed by atoms with van der Waals surface area (Å²) in [5, 5.41) is 14.7. The predicted molar refractivity (Wildman–Crippen MR) is 112 cm³/mol. The monoisotopic (exact) mass is 382 g/mol. The molecule has 0 saturated heterocycles. The molecule has 5 heteroatoms. The van der Waals surface area contributed by atoms with Crippen molar-refractivity contribution in [1.29, 1.82) is 0 Å². The molecular weight excluding hydrogens is 356 g/mol. The molecule has 0 amide bonds. The van der Waals surface area contributed by atoms with Crippen molar-refractivity contribution in [2.24, 2.45) is 4.99 Å². The van der Waals surface area contributed by atoms with Gasteiger partial charge >= 0.3 is 0 Å². The Hall–Kier alpha value is -2.14. The number of benzene rings is 2. The topological polar surface area (TPSA) is 53.9 Å². The number of aliphatic imine (C=N–C) groups is 1. The molecule has 4 nitrogen and oxygen atoms in total. The average molecular weight is 383 g/mol. The third-order valence-corrected chi connectivity index (χ3v) is 6.04. The van der Waals surface area contributed by atoms with Crippen LogP contribution in [0.1, 0.15) is 49.3 Å². The summed E-state index contributed by atoms with van der Waals surface area (Å²) in [6, 6.07) is 14.3. The van der Waals surface area contributed by atoms with Crippen LogP contribution in [0.3, 0.4) is 0 Å². The molecule has 2 N–H and O–H groups in total.